The van der Waals surface area contributed by atoms with Crippen molar-refractivity contribution in [1.82, 2.24) is 15.2 Å². The molecule has 0 saturated carbocycles. The lowest BCUT2D eigenvalue weighted by atomic mass is 10.1. The fraction of sp³-hybridized carbons (Fsp3) is 0.526. The van der Waals surface area contributed by atoms with Crippen LogP contribution in [0.15, 0.2) is 24.3 Å². The Morgan fingerprint density at radius 3 is 2.65 bits per heavy atom. The van der Waals surface area contributed by atoms with Crippen LogP contribution in [-0.4, -0.2) is 47.8 Å². The van der Waals surface area contributed by atoms with Gasteiger partial charge in [-0.3, -0.25) is 10.1 Å². The number of benzene rings is 1. The van der Waals surface area contributed by atoms with Crippen LogP contribution in [0.2, 0.25) is 0 Å². The lowest BCUT2D eigenvalue weighted by molar-refractivity contribution is 0.102. The van der Waals surface area contributed by atoms with Crippen molar-refractivity contribution < 1.29 is 4.79 Å². The zero-order valence-electron chi connectivity index (χ0n) is 15.7. The van der Waals surface area contributed by atoms with Crippen molar-refractivity contribution in [3.8, 4) is 0 Å². The molecule has 1 saturated heterocycles. The van der Waals surface area contributed by atoms with Gasteiger partial charge in [0, 0.05) is 37.9 Å². The molecule has 2 aromatic rings. The van der Waals surface area contributed by atoms with Gasteiger partial charge in [0.2, 0.25) is 11.9 Å². The van der Waals surface area contributed by atoms with Crippen molar-refractivity contribution >= 4 is 23.5 Å². The zero-order chi connectivity index (χ0) is 18.4. The average Bonchev–Trinajstić information content (AvgIpc) is 3.15. The summed E-state index contributed by atoms with van der Waals surface area (Å²) >= 11 is 0. The number of rotatable bonds is 7. The van der Waals surface area contributed by atoms with Gasteiger partial charge in [0.1, 0.15) is 0 Å². The predicted octanol–water partition coefficient (Wildman–Crippen LogP) is 3.28. The fourth-order valence-corrected chi connectivity index (χ4v) is 3.12. The molecule has 7 heteroatoms. The van der Waals surface area contributed by atoms with E-state index in [-0.39, 0.29) is 5.91 Å². The van der Waals surface area contributed by atoms with E-state index in [4.69, 9.17) is 0 Å². The Kier molecular flexibility index (Phi) is 6.09. The SMILES string of the molecule is CCCCN(C)c1ccc(C(=O)Nc2nc(N3CCCCC3)n[nH]2)cc1. The molecule has 0 aliphatic carbocycles. The molecular formula is C19H28N6O. The minimum absolute atomic E-state index is 0.186. The molecule has 140 valence electrons. The third-order valence-corrected chi connectivity index (χ3v) is 4.76. The highest BCUT2D eigenvalue weighted by Crippen LogP contribution is 2.18. The van der Waals surface area contributed by atoms with Gasteiger partial charge in [0.25, 0.3) is 5.91 Å². The number of hydrogen-bond acceptors (Lipinski definition) is 5. The van der Waals surface area contributed by atoms with Crippen LogP contribution in [0.3, 0.4) is 0 Å². The van der Waals surface area contributed by atoms with Gasteiger partial charge in [-0.15, -0.1) is 5.10 Å². The normalized spacial score (nSPS) is 14.3. The van der Waals surface area contributed by atoms with Gasteiger partial charge < -0.3 is 9.80 Å². The lowest BCUT2D eigenvalue weighted by Gasteiger charge is -2.24. The summed E-state index contributed by atoms with van der Waals surface area (Å²) in [7, 11) is 2.07. The van der Waals surface area contributed by atoms with Crippen LogP contribution in [0, 0.1) is 0 Å². The second kappa shape index (κ2) is 8.69. The van der Waals surface area contributed by atoms with E-state index in [1.54, 1.807) is 0 Å². The maximum atomic E-state index is 12.4. The molecule has 1 amide bonds. The first-order valence-corrected chi connectivity index (χ1v) is 9.47. The van der Waals surface area contributed by atoms with Crippen LogP contribution >= 0.6 is 0 Å². The molecule has 1 aliphatic rings. The first-order chi connectivity index (χ1) is 12.7. The first-order valence-electron chi connectivity index (χ1n) is 9.47. The number of nitrogens with one attached hydrogen (secondary N) is 2. The number of hydrogen-bond donors (Lipinski definition) is 2. The standard InChI is InChI=1S/C19H28N6O/c1-3-4-12-24(2)16-10-8-15(9-11-16)17(26)20-18-21-19(23-22-18)25-13-6-5-7-14-25/h8-11H,3-7,12-14H2,1-2H3,(H2,20,21,22,23,26). The van der Waals surface area contributed by atoms with E-state index in [9.17, 15) is 4.79 Å². The molecule has 3 rings (SSSR count). The maximum absolute atomic E-state index is 12.4. The summed E-state index contributed by atoms with van der Waals surface area (Å²) in [5.74, 6) is 0.863. The van der Waals surface area contributed by atoms with Crippen molar-refractivity contribution in [2.75, 3.05) is 41.8 Å². The van der Waals surface area contributed by atoms with Gasteiger partial charge in [-0.25, -0.2) is 5.10 Å². The summed E-state index contributed by atoms with van der Waals surface area (Å²) in [6.07, 6.45) is 5.91. The van der Waals surface area contributed by atoms with Gasteiger partial charge in [-0.05, 0) is 49.9 Å². The molecular weight excluding hydrogens is 328 g/mol. The lowest BCUT2D eigenvalue weighted by Crippen LogP contribution is -2.30. The summed E-state index contributed by atoms with van der Waals surface area (Å²) in [4.78, 5) is 21.2. The van der Waals surface area contributed by atoms with Crippen molar-refractivity contribution in [2.24, 2.45) is 0 Å². The Morgan fingerprint density at radius 2 is 1.96 bits per heavy atom. The maximum Gasteiger partial charge on any atom is 0.258 e. The molecule has 2 heterocycles. The molecule has 26 heavy (non-hydrogen) atoms. The van der Waals surface area contributed by atoms with Gasteiger partial charge in [0.15, 0.2) is 0 Å². The van der Waals surface area contributed by atoms with Crippen LogP contribution in [0.25, 0.3) is 0 Å². The van der Waals surface area contributed by atoms with Gasteiger partial charge in [-0.1, -0.05) is 13.3 Å². The average molecular weight is 356 g/mol. The zero-order valence-corrected chi connectivity index (χ0v) is 15.7. The molecule has 1 aromatic carbocycles. The molecule has 1 aromatic heterocycles. The molecule has 0 spiro atoms. The highest BCUT2D eigenvalue weighted by Gasteiger charge is 2.16. The Bertz CT molecular complexity index is 705. The molecule has 1 fully saturated rings. The number of nitrogens with zero attached hydrogens (tertiary/aromatic N) is 4. The van der Waals surface area contributed by atoms with Gasteiger partial charge in [-0.2, -0.15) is 4.98 Å². The predicted molar refractivity (Wildman–Crippen MR) is 105 cm³/mol. The van der Waals surface area contributed by atoms with E-state index in [1.807, 2.05) is 24.3 Å². The van der Waals surface area contributed by atoms with Crippen LogP contribution in [-0.2, 0) is 0 Å². The smallest absolute Gasteiger partial charge is 0.258 e. The minimum Gasteiger partial charge on any atom is -0.375 e. The van der Waals surface area contributed by atoms with Crippen LogP contribution in [0.1, 0.15) is 49.4 Å². The van der Waals surface area contributed by atoms with Crippen LogP contribution in [0.4, 0.5) is 17.6 Å². The van der Waals surface area contributed by atoms with Crippen molar-refractivity contribution in [2.45, 2.75) is 39.0 Å². The third-order valence-electron chi connectivity index (χ3n) is 4.76. The highest BCUT2D eigenvalue weighted by molar-refractivity contribution is 6.03. The number of carbonyl (C=O) groups is 1. The number of amides is 1. The molecule has 0 atom stereocenters. The molecule has 0 radical (unpaired) electrons. The Hall–Kier alpha value is -2.57. The van der Waals surface area contributed by atoms with Crippen molar-refractivity contribution in [3.63, 3.8) is 0 Å². The van der Waals surface area contributed by atoms with E-state index < -0.39 is 0 Å². The topological polar surface area (TPSA) is 77.2 Å². The summed E-state index contributed by atoms with van der Waals surface area (Å²) in [5, 5.41) is 9.83. The summed E-state index contributed by atoms with van der Waals surface area (Å²) in [6.45, 7) is 5.14. The Labute approximate surface area is 154 Å². The van der Waals surface area contributed by atoms with E-state index in [1.165, 1.54) is 12.8 Å². The third kappa shape index (κ3) is 4.53. The van der Waals surface area contributed by atoms with Crippen LogP contribution < -0.4 is 15.1 Å². The van der Waals surface area contributed by atoms with Crippen molar-refractivity contribution in [3.05, 3.63) is 29.8 Å². The second-order valence-corrected chi connectivity index (χ2v) is 6.81. The quantitative estimate of drug-likeness (QED) is 0.796. The van der Waals surface area contributed by atoms with Gasteiger partial charge in [0.05, 0.1) is 0 Å². The Balaban J connectivity index is 1.58. The van der Waals surface area contributed by atoms with E-state index in [0.717, 1.165) is 44.6 Å². The van der Waals surface area contributed by atoms with Crippen LogP contribution in [0.5, 0.6) is 0 Å². The molecule has 2 N–H and O–H groups in total. The first kappa shape index (κ1) is 18.2. The van der Waals surface area contributed by atoms with Crippen molar-refractivity contribution in [1.29, 1.82) is 0 Å². The van der Waals surface area contributed by atoms with Gasteiger partial charge >= 0.3 is 0 Å². The number of anilines is 3. The van der Waals surface area contributed by atoms with E-state index in [2.05, 4.69) is 44.3 Å². The number of aromatic nitrogens is 3. The molecule has 0 bridgehead atoms. The fourth-order valence-electron chi connectivity index (χ4n) is 3.12. The van der Waals surface area contributed by atoms with E-state index >= 15 is 0 Å². The Morgan fingerprint density at radius 1 is 1.23 bits per heavy atom. The number of H-pyrrole nitrogens is 1. The summed E-state index contributed by atoms with van der Waals surface area (Å²) < 4.78 is 0. The number of piperidine rings is 1. The number of unbranched alkanes of at least 4 members (excludes halogenated alkanes) is 1. The minimum atomic E-state index is -0.186. The number of aromatic amines is 1. The van der Waals surface area contributed by atoms with E-state index in [0.29, 0.717) is 17.5 Å². The second-order valence-electron chi connectivity index (χ2n) is 6.81. The molecule has 7 nitrogen and oxygen atoms in total. The monoisotopic (exact) mass is 356 g/mol. The highest BCUT2D eigenvalue weighted by atomic mass is 16.1. The number of carbonyl (C=O) groups excluding carboxylic acids is 1. The molecule has 1 aliphatic heterocycles. The summed E-state index contributed by atoms with van der Waals surface area (Å²) in [6, 6.07) is 7.64. The largest absolute Gasteiger partial charge is 0.375 e. The summed E-state index contributed by atoms with van der Waals surface area (Å²) in [5.41, 5.74) is 1.72. The molecule has 0 unspecified atom stereocenters.